The van der Waals surface area contributed by atoms with Crippen molar-refractivity contribution in [3.63, 3.8) is 0 Å². The fourth-order valence-corrected chi connectivity index (χ4v) is 3.85. The van der Waals surface area contributed by atoms with Crippen LogP contribution in [-0.2, 0) is 0 Å². The van der Waals surface area contributed by atoms with Crippen molar-refractivity contribution in [2.45, 2.75) is 12.8 Å². The summed E-state index contributed by atoms with van der Waals surface area (Å²) in [6.45, 7) is 4.88. The molecule has 2 atom stereocenters. The molecule has 0 aromatic heterocycles. The molecule has 104 valence electrons. The first-order chi connectivity index (χ1) is 9.90. The second-order valence-electron chi connectivity index (χ2n) is 6.27. The topological polar surface area (TPSA) is 15.3 Å². The maximum Gasteiger partial charge on any atom is 0.0372 e. The molecule has 2 unspecified atom stereocenters. The number of hydrogen-bond donors (Lipinski definition) is 1. The van der Waals surface area contributed by atoms with Gasteiger partial charge in [-0.1, -0.05) is 30.3 Å². The van der Waals surface area contributed by atoms with Crippen LogP contribution in [0, 0.1) is 11.8 Å². The Balaban J connectivity index is 1.59. The van der Waals surface area contributed by atoms with E-state index in [2.05, 4.69) is 52.7 Å². The molecule has 2 aliphatic heterocycles. The number of anilines is 1. The van der Waals surface area contributed by atoms with Gasteiger partial charge < -0.3 is 10.2 Å². The van der Waals surface area contributed by atoms with Gasteiger partial charge in [0.05, 0.1) is 0 Å². The first-order valence-corrected chi connectivity index (χ1v) is 7.84. The van der Waals surface area contributed by atoms with Crippen LogP contribution in [0.1, 0.15) is 12.8 Å². The highest BCUT2D eigenvalue weighted by Crippen LogP contribution is 2.30. The largest absolute Gasteiger partial charge is 0.371 e. The number of fused-ring (bicyclic) bond motifs is 2. The van der Waals surface area contributed by atoms with Gasteiger partial charge in [0.15, 0.2) is 0 Å². The average molecular weight is 266 g/mol. The molecule has 2 aromatic rings. The van der Waals surface area contributed by atoms with Crippen molar-refractivity contribution in [3.05, 3.63) is 42.5 Å². The third-order valence-electron chi connectivity index (χ3n) is 5.12. The zero-order chi connectivity index (χ0) is 13.4. The lowest BCUT2D eigenvalue weighted by Gasteiger charge is -2.23. The predicted octanol–water partition coefficient (Wildman–Crippen LogP) is 3.28. The summed E-state index contributed by atoms with van der Waals surface area (Å²) >= 11 is 0. The second-order valence-corrected chi connectivity index (χ2v) is 6.27. The summed E-state index contributed by atoms with van der Waals surface area (Å²) in [5.41, 5.74) is 1.40. The van der Waals surface area contributed by atoms with E-state index in [1.54, 1.807) is 0 Å². The Bertz CT molecular complexity index is 593. The van der Waals surface area contributed by atoms with Crippen molar-refractivity contribution >= 4 is 16.5 Å². The zero-order valence-corrected chi connectivity index (χ0v) is 11.9. The molecule has 20 heavy (non-hydrogen) atoms. The first kappa shape index (κ1) is 12.2. The average Bonchev–Trinajstić information content (AvgIpc) is 2.85. The molecule has 2 heterocycles. The van der Waals surface area contributed by atoms with Crippen molar-refractivity contribution in [1.29, 1.82) is 0 Å². The summed E-state index contributed by atoms with van der Waals surface area (Å²) < 4.78 is 0. The summed E-state index contributed by atoms with van der Waals surface area (Å²) in [7, 11) is 0. The highest BCUT2D eigenvalue weighted by Gasteiger charge is 2.30. The summed E-state index contributed by atoms with van der Waals surface area (Å²) in [6, 6.07) is 15.6. The fraction of sp³-hybridized carbons (Fsp3) is 0.444. The molecular formula is C18H22N2. The molecule has 2 nitrogen and oxygen atoms in total. The smallest absolute Gasteiger partial charge is 0.0372 e. The van der Waals surface area contributed by atoms with Crippen LogP contribution in [0.25, 0.3) is 10.8 Å². The van der Waals surface area contributed by atoms with Gasteiger partial charge in [-0.2, -0.15) is 0 Å². The van der Waals surface area contributed by atoms with Crippen LogP contribution < -0.4 is 10.2 Å². The molecule has 0 amide bonds. The lowest BCUT2D eigenvalue weighted by molar-refractivity contribution is 0.409. The van der Waals surface area contributed by atoms with E-state index in [1.165, 1.54) is 55.5 Å². The van der Waals surface area contributed by atoms with Crippen molar-refractivity contribution in [2.24, 2.45) is 11.8 Å². The van der Waals surface area contributed by atoms with Gasteiger partial charge in [-0.25, -0.2) is 0 Å². The Morgan fingerprint density at radius 1 is 0.850 bits per heavy atom. The molecule has 0 aliphatic carbocycles. The van der Waals surface area contributed by atoms with Gasteiger partial charge in [0.2, 0.25) is 0 Å². The molecule has 2 aromatic carbocycles. The van der Waals surface area contributed by atoms with Crippen LogP contribution in [0.2, 0.25) is 0 Å². The number of benzene rings is 2. The van der Waals surface area contributed by atoms with Crippen molar-refractivity contribution in [2.75, 3.05) is 31.1 Å². The molecule has 2 fully saturated rings. The van der Waals surface area contributed by atoms with Crippen molar-refractivity contribution < 1.29 is 0 Å². The summed E-state index contributed by atoms with van der Waals surface area (Å²) in [4.78, 5) is 2.59. The third-order valence-corrected chi connectivity index (χ3v) is 5.12. The van der Waals surface area contributed by atoms with Crippen LogP contribution in [0.4, 0.5) is 5.69 Å². The molecule has 4 rings (SSSR count). The van der Waals surface area contributed by atoms with Gasteiger partial charge in [-0.05, 0) is 60.7 Å². The Labute approximate surface area is 120 Å². The standard InChI is InChI=1S/C18H22N2/c1-2-4-15-11-18(6-5-14(15)3-1)20-9-7-16-12-19-13-17(16)8-10-20/h1-6,11,16-17,19H,7-10,12-13H2. The lowest BCUT2D eigenvalue weighted by Crippen LogP contribution is -2.25. The molecular weight excluding hydrogens is 244 g/mol. The molecule has 0 spiro atoms. The van der Waals surface area contributed by atoms with E-state index in [9.17, 15) is 0 Å². The summed E-state index contributed by atoms with van der Waals surface area (Å²) in [5, 5.41) is 6.25. The van der Waals surface area contributed by atoms with Gasteiger partial charge >= 0.3 is 0 Å². The van der Waals surface area contributed by atoms with Crippen molar-refractivity contribution in [1.82, 2.24) is 5.32 Å². The Kier molecular flexibility index (Phi) is 3.12. The minimum Gasteiger partial charge on any atom is -0.371 e. The van der Waals surface area contributed by atoms with Crippen LogP contribution in [0.15, 0.2) is 42.5 Å². The van der Waals surface area contributed by atoms with Gasteiger partial charge in [-0.3, -0.25) is 0 Å². The highest BCUT2D eigenvalue weighted by atomic mass is 15.1. The number of nitrogens with zero attached hydrogens (tertiary/aromatic N) is 1. The van der Waals surface area contributed by atoms with Crippen LogP contribution >= 0.6 is 0 Å². The van der Waals surface area contributed by atoms with E-state index >= 15 is 0 Å². The molecule has 0 radical (unpaired) electrons. The van der Waals surface area contributed by atoms with E-state index in [0.29, 0.717) is 0 Å². The van der Waals surface area contributed by atoms with E-state index in [-0.39, 0.29) is 0 Å². The molecule has 0 saturated carbocycles. The quantitative estimate of drug-likeness (QED) is 0.852. The normalized spacial score (nSPS) is 26.5. The first-order valence-electron chi connectivity index (χ1n) is 7.84. The number of hydrogen-bond acceptors (Lipinski definition) is 2. The summed E-state index contributed by atoms with van der Waals surface area (Å²) in [5.74, 6) is 1.81. The van der Waals surface area contributed by atoms with Gasteiger partial charge in [0.1, 0.15) is 0 Å². The molecule has 1 N–H and O–H groups in total. The second kappa shape index (κ2) is 5.10. The monoisotopic (exact) mass is 266 g/mol. The molecule has 0 bridgehead atoms. The van der Waals surface area contributed by atoms with E-state index < -0.39 is 0 Å². The molecule has 2 heteroatoms. The SMILES string of the molecule is c1ccc2cc(N3CCC4CNCC4CC3)ccc2c1. The van der Waals surface area contributed by atoms with Gasteiger partial charge in [-0.15, -0.1) is 0 Å². The van der Waals surface area contributed by atoms with E-state index in [1.807, 2.05) is 0 Å². The Hall–Kier alpha value is -1.54. The maximum absolute atomic E-state index is 3.55. The maximum atomic E-state index is 3.55. The van der Waals surface area contributed by atoms with Gasteiger partial charge in [0, 0.05) is 18.8 Å². The summed E-state index contributed by atoms with van der Waals surface area (Å²) in [6.07, 6.45) is 2.68. The predicted molar refractivity (Wildman–Crippen MR) is 85.2 cm³/mol. The molecule has 2 saturated heterocycles. The van der Waals surface area contributed by atoms with E-state index in [0.717, 1.165) is 11.8 Å². The third kappa shape index (κ3) is 2.18. The number of nitrogens with one attached hydrogen (secondary N) is 1. The van der Waals surface area contributed by atoms with Crippen LogP contribution in [-0.4, -0.2) is 26.2 Å². The number of rotatable bonds is 1. The highest BCUT2D eigenvalue weighted by molar-refractivity contribution is 5.85. The Morgan fingerprint density at radius 3 is 2.30 bits per heavy atom. The molecule has 2 aliphatic rings. The zero-order valence-electron chi connectivity index (χ0n) is 11.9. The minimum atomic E-state index is 0.903. The fourth-order valence-electron chi connectivity index (χ4n) is 3.85. The van der Waals surface area contributed by atoms with E-state index in [4.69, 9.17) is 0 Å². The minimum absolute atomic E-state index is 0.903. The van der Waals surface area contributed by atoms with Crippen LogP contribution in [0.3, 0.4) is 0 Å². The Morgan fingerprint density at radius 2 is 1.55 bits per heavy atom. The van der Waals surface area contributed by atoms with Gasteiger partial charge in [0.25, 0.3) is 0 Å². The lowest BCUT2D eigenvalue weighted by atomic mass is 9.92. The van der Waals surface area contributed by atoms with Crippen LogP contribution in [0.5, 0.6) is 0 Å². The van der Waals surface area contributed by atoms with Crippen molar-refractivity contribution in [3.8, 4) is 0 Å².